The average Bonchev–Trinajstić information content (AvgIpc) is 3.25. The predicted molar refractivity (Wildman–Crippen MR) is 220 cm³/mol. The molecule has 3 heterocycles. The number of hydrogen-bond acceptors (Lipinski definition) is 11. The van der Waals surface area contributed by atoms with E-state index in [9.17, 15) is 0 Å². The number of piperidine rings is 1. The molecule has 1 aliphatic heterocycles. The van der Waals surface area contributed by atoms with Crippen LogP contribution in [0.3, 0.4) is 0 Å². The number of methoxy groups -OCH3 is 6. The fraction of sp³-hybridized carbons (Fsp3) is 0.378. The summed E-state index contributed by atoms with van der Waals surface area (Å²) in [6, 6.07) is 23.1. The maximum atomic E-state index is 6.02. The molecule has 56 heavy (non-hydrogen) atoms. The second-order valence-corrected chi connectivity index (χ2v) is 13.8. The minimum Gasteiger partial charge on any atom is -0.494 e. The summed E-state index contributed by atoms with van der Waals surface area (Å²) in [5.74, 6) is 4.42. The van der Waals surface area contributed by atoms with Crippen LogP contribution in [0, 0.1) is 0 Å². The van der Waals surface area contributed by atoms with Crippen molar-refractivity contribution in [3.8, 4) is 62.6 Å². The van der Waals surface area contributed by atoms with Crippen LogP contribution in [0.4, 0.5) is 5.69 Å². The summed E-state index contributed by atoms with van der Waals surface area (Å²) in [6.07, 6.45) is 9.87. The molecule has 5 aromatic rings. The highest BCUT2D eigenvalue weighted by molar-refractivity contribution is 5.71. The summed E-state index contributed by atoms with van der Waals surface area (Å²) in [4.78, 5) is 14.4. The molecule has 1 fully saturated rings. The highest BCUT2D eigenvalue weighted by atomic mass is 16.5. The van der Waals surface area contributed by atoms with Crippen molar-refractivity contribution in [2.45, 2.75) is 51.7 Å². The Morgan fingerprint density at radius 3 is 1.84 bits per heavy atom. The molecule has 0 spiro atoms. The fourth-order valence-corrected chi connectivity index (χ4v) is 7.28. The van der Waals surface area contributed by atoms with Crippen LogP contribution in [-0.2, 0) is 13.1 Å². The zero-order chi connectivity index (χ0) is 39.4. The van der Waals surface area contributed by atoms with Crippen molar-refractivity contribution in [3.63, 3.8) is 0 Å². The van der Waals surface area contributed by atoms with Gasteiger partial charge >= 0.3 is 0 Å². The Morgan fingerprint density at radius 1 is 0.661 bits per heavy atom. The average molecular weight is 763 g/mol. The Labute approximate surface area is 331 Å². The molecule has 296 valence electrons. The first kappa shape index (κ1) is 40.0. The molecule has 1 aliphatic rings. The Bertz CT molecular complexity index is 1980. The Kier molecular flexibility index (Phi) is 13.8. The molecule has 0 atom stereocenters. The lowest BCUT2D eigenvalue weighted by molar-refractivity contribution is 0.200. The number of pyridine rings is 2. The molecule has 3 aromatic carbocycles. The highest BCUT2D eigenvalue weighted by Gasteiger charge is 2.26. The Morgan fingerprint density at radius 2 is 1.27 bits per heavy atom. The lowest BCUT2D eigenvalue weighted by atomic mass is 9.99. The van der Waals surface area contributed by atoms with Crippen molar-refractivity contribution in [3.05, 3.63) is 96.4 Å². The molecular weight excluding hydrogens is 709 g/mol. The number of unbranched alkanes of at least 4 members (excludes halogenated alkanes) is 1. The van der Waals surface area contributed by atoms with Crippen molar-refractivity contribution in [1.29, 1.82) is 0 Å². The van der Waals surface area contributed by atoms with Gasteiger partial charge < -0.3 is 38.1 Å². The number of ether oxygens (including phenoxy) is 7. The minimum absolute atomic E-state index is 0.333. The molecular formula is C45H54N4O7. The number of hydrogen-bond donors (Lipinski definition) is 0. The Balaban J connectivity index is 1.20. The highest BCUT2D eigenvalue weighted by Crippen LogP contribution is 2.42. The van der Waals surface area contributed by atoms with Gasteiger partial charge in [-0.2, -0.15) is 0 Å². The monoisotopic (exact) mass is 762 g/mol. The number of anilines is 1. The first-order valence-corrected chi connectivity index (χ1v) is 19.1. The minimum atomic E-state index is 0.333. The van der Waals surface area contributed by atoms with E-state index >= 15 is 0 Å². The predicted octanol–water partition coefficient (Wildman–Crippen LogP) is 8.71. The molecule has 6 rings (SSSR count). The van der Waals surface area contributed by atoms with Gasteiger partial charge in [0.25, 0.3) is 0 Å². The molecule has 2 aromatic heterocycles. The molecule has 0 radical (unpaired) electrons. The first-order valence-electron chi connectivity index (χ1n) is 19.1. The van der Waals surface area contributed by atoms with Crippen LogP contribution >= 0.6 is 0 Å². The second-order valence-electron chi connectivity index (χ2n) is 13.8. The molecule has 0 N–H and O–H groups in total. The lowest BCUT2D eigenvalue weighted by Gasteiger charge is -2.40. The van der Waals surface area contributed by atoms with E-state index < -0.39 is 0 Å². The van der Waals surface area contributed by atoms with Crippen LogP contribution in [0.15, 0.2) is 85.3 Å². The molecule has 0 unspecified atom stereocenters. The van der Waals surface area contributed by atoms with Gasteiger partial charge in [-0.15, -0.1) is 0 Å². The maximum absolute atomic E-state index is 6.02. The van der Waals surface area contributed by atoms with Gasteiger partial charge in [0.2, 0.25) is 11.5 Å². The van der Waals surface area contributed by atoms with Gasteiger partial charge in [-0.05, 0) is 103 Å². The van der Waals surface area contributed by atoms with Gasteiger partial charge in [0.15, 0.2) is 23.0 Å². The van der Waals surface area contributed by atoms with E-state index in [1.165, 1.54) is 5.69 Å². The molecule has 0 saturated carbocycles. The van der Waals surface area contributed by atoms with Crippen LogP contribution in [0.5, 0.6) is 40.2 Å². The number of nitrogens with zero attached hydrogens (tertiary/aromatic N) is 4. The van der Waals surface area contributed by atoms with Crippen LogP contribution in [0.25, 0.3) is 22.4 Å². The van der Waals surface area contributed by atoms with Crippen LogP contribution in [-0.4, -0.2) is 83.3 Å². The number of rotatable bonds is 18. The van der Waals surface area contributed by atoms with E-state index in [2.05, 4.69) is 64.2 Å². The van der Waals surface area contributed by atoms with Gasteiger partial charge in [0.1, 0.15) is 5.75 Å². The third-order valence-corrected chi connectivity index (χ3v) is 10.3. The van der Waals surface area contributed by atoms with E-state index in [4.69, 9.17) is 38.1 Å². The molecule has 0 amide bonds. The molecule has 1 saturated heterocycles. The van der Waals surface area contributed by atoms with Crippen molar-refractivity contribution >= 4 is 5.69 Å². The van der Waals surface area contributed by atoms with Crippen LogP contribution in [0.1, 0.15) is 43.7 Å². The topological polar surface area (TPSA) is 96.9 Å². The summed E-state index contributed by atoms with van der Waals surface area (Å²) in [5, 5.41) is 0. The van der Waals surface area contributed by atoms with Gasteiger partial charge in [0.05, 0.1) is 55.0 Å². The summed E-state index contributed by atoms with van der Waals surface area (Å²) < 4.78 is 39.6. The van der Waals surface area contributed by atoms with E-state index in [1.54, 1.807) is 42.7 Å². The van der Waals surface area contributed by atoms with E-state index in [0.717, 1.165) is 97.7 Å². The lowest BCUT2D eigenvalue weighted by Crippen LogP contribution is -2.44. The second kappa shape index (κ2) is 19.3. The number of aromatic nitrogens is 2. The third kappa shape index (κ3) is 9.39. The van der Waals surface area contributed by atoms with Crippen molar-refractivity contribution in [2.75, 3.05) is 67.3 Å². The molecule has 0 aliphatic carbocycles. The van der Waals surface area contributed by atoms with Crippen molar-refractivity contribution < 1.29 is 33.2 Å². The summed E-state index contributed by atoms with van der Waals surface area (Å²) in [6.45, 7) is 6.35. The fourth-order valence-electron chi connectivity index (χ4n) is 7.28. The molecule has 11 heteroatoms. The molecule has 0 bridgehead atoms. The van der Waals surface area contributed by atoms with Crippen molar-refractivity contribution in [2.24, 2.45) is 0 Å². The van der Waals surface area contributed by atoms with E-state index in [-0.39, 0.29) is 0 Å². The first-order chi connectivity index (χ1) is 27.4. The number of likely N-dealkylation sites (tertiary alicyclic amines) is 1. The van der Waals surface area contributed by atoms with Crippen molar-refractivity contribution in [1.82, 2.24) is 14.9 Å². The largest absolute Gasteiger partial charge is 0.494 e. The third-order valence-electron chi connectivity index (χ3n) is 10.3. The standard InChI is InChI=1S/C45H54N4O7/c1-8-9-20-56-38-12-10-36(11-13-38)49(30-31-14-17-47-39(22-31)34-25-42(52-4)45(55-7)43(26-34)53-5)37-15-18-48(19-16-37)29-32-21-35(28-46-27-32)33-23-40(50-2)44(54-6)41(24-33)51-3/h10-14,17,21-28,37H,8-9,15-16,18-20,29-30H2,1-7H3. The number of benzene rings is 3. The van der Waals surface area contributed by atoms with Gasteiger partial charge in [-0.3, -0.25) is 14.9 Å². The van der Waals surface area contributed by atoms with Gasteiger partial charge in [-0.1, -0.05) is 13.3 Å². The zero-order valence-corrected chi connectivity index (χ0v) is 33.7. The van der Waals surface area contributed by atoms with Crippen LogP contribution < -0.4 is 38.1 Å². The van der Waals surface area contributed by atoms with E-state index in [0.29, 0.717) is 40.5 Å². The SMILES string of the molecule is CCCCOc1ccc(N(Cc2ccnc(-c3cc(OC)c(OC)c(OC)c3)c2)C2CCN(Cc3cncc(-c4cc(OC)c(OC)c(OC)c4)c3)CC2)cc1. The summed E-state index contributed by atoms with van der Waals surface area (Å²) >= 11 is 0. The maximum Gasteiger partial charge on any atom is 0.203 e. The van der Waals surface area contributed by atoms with Gasteiger partial charge in [0, 0.05) is 67.6 Å². The summed E-state index contributed by atoms with van der Waals surface area (Å²) in [5.41, 5.74) is 7.14. The smallest absolute Gasteiger partial charge is 0.203 e. The Hall–Kier alpha value is -5.68. The van der Waals surface area contributed by atoms with E-state index in [1.807, 2.05) is 42.9 Å². The molecule has 11 nitrogen and oxygen atoms in total. The zero-order valence-electron chi connectivity index (χ0n) is 33.7. The van der Waals surface area contributed by atoms with Crippen LogP contribution in [0.2, 0.25) is 0 Å². The summed E-state index contributed by atoms with van der Waals surface area (Å²) in [7, 11) is 9.73. The van der Waals surface area contributed by atoms with Gasteiger partial charge in [-0.25, -0.2) is 0 Å². The normalized spacial score (nSPS) is 13.2. The quantitative estimate of drug-likeness (QED) is 0.0803.